The third kappa shape index (κ3) is 2.68. The summed E-state index contributed by atoms with van der Waals surface area (Å²) >= 11 is 0. The van der Waals surface area contributed by atoms with E-state index >= 15 is 0 Å². The number of aromatic amines is 1. The molecule has 2 aromatic heterocycles. The highest BCUT2D eigenvalue weighted by Crippen LogP contribution is 2.43. The number of aryl methyl sites for hydroxylation is 2. The second kappa shape index (κ2) is 7.31. The molecule has 0 spiro atoms. The van der Waals surface area contributed by atoms with Crippen LogP contribution in [-0.4, -0.2) is 21.4 Å². The molecule has 0 atom stereocenters. The molecule has 8 rings (SSSR count). The minimum atomic E-state index is -0.329. The summed E-state index contributed by atoms with van der Waals surface area (Å²) in [4.78, 5) is 29.9. The standard InChI is InChI=1S/C32H21N3O2/c36-31-27-25-21-12-3-5-14-23(21)33-29(25)30-26(28(27)32(37)34-31)22-13-4-6-15-24(22)35(30)17-16-19-10-7-9-18-8-1-2-11-20(18)19/h1-15,33H,16-17H2,(H,34,36,37). The van der Waals surface area contributed by atoms with Gasteiger partial charge in [-0.05, 0) is 34.9 Å². The monoisotopic (exact) mass is 479 g/mol. The van der Waals surface area contributed by atoms with Gasteiger partial charge in [0.05, 0.1) is 22.2 Å². The van der Waals surface area contributed by atoms with Crippen LogP contribution in [0, 0.1) is 0 Å². The summed E-state index contributed by atoms with van der Waals surface area (Å²) in [6.07, 6.45) is 0.832. The van der Waals surface area contributed by atoms with E-state index in [0.29, 0.717) is 11.1 Å². The van der Waals surface area contributed by atoms with Crippen molar-refractivity contribution in [2.24, 2.45) is 0 Å². The number of para-hydroxylation sites is 2. The Bertz CT molecular complexity index is 2110. The van der Waals surface area contributed by atoms with Crippen LogP contribution >= 0.6 is 0 Å². The summed E-state index contributed by atoms with van der Waals surface area (Å²) in [6.45, 7) is 0.733. The van der Waals surface area contributed by atoms with Crippen molar-refractivity contribution in [2.75, 3.05) is 0 Å². The molecular formula is C32H21N3O2. The lowest BCUT2D eigenvalue weighted by atomic mass is 9.96. The van der Waals surface area contributed by atoms with Gasteiger partial charge in [0.15, 0.2) is 0 Å². The van der Waals surface area contributed by atoms with Gasteiger partial charge in [-0.2, -0.15) is 0 Å². The lowest BCUT2D eigenvalue weighted by Gasteiger charge is -2.11. The maximum absolute atomic E-state index is 13.2. The number of amides is 2. The van der Waals surface area contributed by atoms with Gasteiger partial charge in [0.25, 0.3) is 11.8 Å². The number of carbonyl (C=O) groups excluding carboxylic acids is 2. The number of H-pyrrole nitrogens is 1. The summed E-state index contributed by atoms with van der Waals surface area (Å²) in [5, 5.41) is 8.65. The third-order valence-electron chi connectivity index (χ3n) is 7.83. The van der Waals surface area contributed by atoms with Crippen molar-refractivity contribution in [2.45, 2.75) is 13.0 Å². The van der Waals surface area contributed by atoms with Crippen molar-refractivity contribution in [3.05, 3.63) is 108 Å². The zero-order chi connectivity index (χ0) is 24.7. The minimum absolute atomic E-state index is 0.325. The van der Waals surface area contributed by atoms with E-state index in [1.807, 2.05) is 36.4 Å². The molecule has 7 aromatic rings. The van der Waals surface area contributed by atoms with Crippen LogP contribution in [0.1, 0.15) is 26.3 Å². The number of aromatic nitrogens is 2. The molecule has 1 aliphatic heterocycles. The van der Waals surface area contributed by atoms with E-state index in [4.69, 9.17) is 0 Å². The first-order chi connectivity index (χ1) is 18.2. The molecular weight excluding hydrogens is 458 g/mol. The van der Waals surface area contributed by atoms with Crippen molar-refractivity contribution in [1.82, 2.24) is 14.9 Å². The average Bonchev–Trinajstić information content (AvgIpc) is 3.56. The van der Waals surface area contributed by atoms with Gasteiger partial charge in [-0.3, -0.25) is 14.9 Å². The van der Waals surface area contributed by atoms with Crippen LogP contribution in [0.3, 0.4) is 0 Å². The Balaban J connectivity index is 1.48. The van der Waals surface area contributed by atoms with Crippen molar-refractivity contribution in [3.8, 4) is 0 Å². The average molecular weight is 480 g/mol. The van der Waals surface area contributed by atoms with Gasteiger partial charge in [0.1, 0.15) is 0 Å². The van der Waals surface area contributed by atoms with Gasteiger partial charge in [-0.25, -0.2) is 0 Å². The highest BCUT2D eigenvalue weighted by Gasteiger charge is 2.35. The number of nitrogens with one attached hydrogen (secondary N) is 2. The van der Waals surface area contributed by atoms with Crippen molar-refractivity contribution >= 4 is 66.2 Å². The summed E-state index contributed by atoms with van der Waals surface area (Å²) < 4.78 is 2.32. The summed E-state index contributed by atoms with van der Waals surface area (Å²) in [6, 6.07) is 31.1. The highest BCUT2D eigenvalue weighted by atomic mass is 16.2. The molecule has 0 bridgehead atoms. The first kappa shape index (κ1) is 20.3. The van der Waals surface area contributed by atoms with Crippen LogP contribution in [0.4, 0.5) is 0 Å². The van der Waals surface area contributed by atoms with Crippen molar-refractivity contribution in [1.29, 1.82) is 0 Å². The summed E-state index contributed by atoms with van der Waals surface area (Å²) in [7, 11) is 0. The van der Waals surface area contributed by atoms with Gasteiger partial charge < -0.3 is 9.55 Å². The number of benzene rings is 5. The SMILES string of the molecule is O=C1NC(=O)c2c1c1c3ccccc3[nH]c1c1c2c2ccccc2n1CCc1cccc2ccccc12. The Labute approximate surface area is 211 Å². The minimum Gasteiger partial charge on any atom is -0.353 e. The van der Waals surface area contributed by atoms with Crippen molar-refractivity contribution < 1.29 is 9.59 Å². The molecule has 5 heteroatoms. The summed E-state index contributed by atoms with van der Waals surface area (Å²) in [5.74, 6) is -0.654. The molecule has 0 unspecified atom stereocenters. The van der Waals surface area contributed by atoms with E-state index in [1.165, 1.54) is 16.3 Å². The number of imide groups is 1. The van der Waals surface area contributed by atoms with E-state index in [2.05, 4.69) is 69.5 Å². The fourth-order valence-electron chi connectivity index (χ4n) is 6.30. The van der Waals surface area contributed by atoms with E-state index in [1.54, 1.807) is 0 Å². The Hall–Kier alpha value is -4.90. The molecule has 2 N–H and O–H groups in total. The maximum Gasteiger partial charge on any atom is 0.259 e. The number of carbonyl (C=O) groups is 2. The molecule has 0 saturated heterocycles. The van der Waals surface area contributed by atoms with Crippen LogP contribution in [0.15, 0.2) is 91.0 Å². The number of hydrogen-bond acceptors (Lipinski definition) is 2. The predicted molar refractivity (Wildman–Crippen MR) is 148 cm³/mol. The zero-order valence-electron chi connectivity index (χ0n) is 19.8. The molecule has 1 aliphatic rings. The lowest BCUT2D eigenvalue weighted by molar-refractivity contribution is 0.0880. The first-order valence-corrected chi connectivity index (χ1v) is 12.5. The first-order valence-electron chi connectivity index (χ1n) is 12.5. The molecule has 3 heterocycles. The van der Waals surface area contributed by atoms with Crippen LogP contribution < -0.4 is 5.32 Å². The van der Waals surface area contributed by atoms with Crippen LogP contribution in [0.2, 0.25) is 0 Å². The van der Waals surface area contributed by atoms with E-state index in [0.717, 1.165) is 56.6 Å². The zero-order valence-corrected chi connectivity index (χ0v) is 19.8. The summed E-state index contributed by atoms with van der Waals surface area (Å²) in [5.41, 5.74) is 6.11. The van der Waals surface area contributed by atoms with Gasteiger partial charge >= 0.3 is 0 Å². The smallest absolute Gasteiger partial charge is 0.259 e. The Morgan fingerprint density at radius 1 is 0.649 bits per heavy atom. The Kier molecular flexibility index (Phi) is 4.01. The normalized spacial score (nSPS) is 13.4. The van der Waals surface area contributed by atoms with Gasteiger partial charge in [0.2, 0.25) is 0 Å². The predicted octanol–water partition coefficient (Wildman–Crippen LogP) is 6.71. The molecule has 0 saturated carbocycles. The Morgan fingerprint density at radius 2 is 1.32 bits per heavy atom. The van der Waals surface area contributed by atoms with Crippen molar-refractivity contribution in [3.63, 3.8) is 0 Å². The van der Waals surface area contributed by atoms with E-state index in [-0.39, 0.29) is 11.8 Å². The largest absolute Gasteiger partial charge is 0.353 e. The fourth-order valence-corrected chi connectivity index (χ4v) is 6.30. The second-order valence-corrected chi connectivity index (χ2v) is 9.73. The van der Waals surface area contributed by atoms with Gasteiger partial charge in [-0.1, -0.05) is 78.9 Å². The number of nitrogens with zero attached hydrogens (tertiary/aromatic N) is 1. The maximum atomic E-state index is 13.2. The molecule has 176 valence electrons. The van der Waals surface area contributed by atoms with Crippen LogP contribution in [0.25, 0.3) is 54.4 Å². The molecule has 0 aliphatic carbocycles. The molecule has 5 nitrogen and oxygen atoms in total. The second-order valence-electron chi connectivity index (χ2n) is 9.73. The molecule has 5 aromatic carbocycles. The number of rotatable bonds is 3. The van der Waals surface area contributed by atoms with Gasteiger partial charge in [-0.15, -0.1) is 0 Å². The molecule has 2 amide bonds. The van der Waals surface area contributed by atoms with E-state index in [9.17, 15) is 9.59 Å². The fraction of sp³-hybridized carbons (Fsp3) is 0.0625. The van der Waals surface area contributed by atoms with Gasteiger partial charge in [0, 0.05) is 39.1 Å². The third-order valence-corrected chi connectivity index (χ3v) is 7.83. The molecule has 0 fully saturated rings. The van der Waals surface area contributed by atoms with Crippen LogP contribution in [-0.2, 0) is 13.0 Å². The highest BCUT2D eigenvalue weighted by molar-refractivity contribution is 6.39. The number of fused-ring (bicyclic) bond motifs is 11. The van der Waals surface area contributed by atoms with Crippen LogP contribution in [0.5, 0.6) is 0 Å². The topological polar surface area (TPSA) is 66.9 Å². The lowest BCUT2D eigenvalue weighted by Crippen LogP contribution is -2.20. The molecule has 37 heavy (non-hydrogen) atoms. The quantitative estimate of drug-likeness (QED) is 0.277. The Morgan fingerprint density at radius 3 is 2.19 bits per heavy atom. The molecule has 0 radical (unpaired) electrons. The number of hydrogen-bond donors (Lipinski definition) is 2. The van der Waals surface area contributed by atoms with E-state index < -0.39 is 0 Å².